The maximum atomic E-state index is 12.2. The van der Waals surface area contributed by atoms with E-state index in [1.807, 2.05) is 10.8 Å². The van der Waals surface area contributed by atoms with Gasteiger partial charge >= 0.3 is 0 Å². The van der Waals surface area contributed by atoms with Gasteiger partial charge in [-0.15, -0.1) is 22.7 Å². The quantitative estimate of drug-likeness (QED) is 0.506. The summed E-state index contributed by atoms with van der Waals surface area (Å²) in [5, 5.41) is 30.5. The van der Waals surface area contributed by atoms with Crippen LogP contribution in [0.15, 0.2) is 52.3 Å². The molecular formula is C21H22N8O2S4-2. The smallest absolute Gasteiger partial charge is 0.211 e. The van der Waals surface area contributed by atoms with Crippen molar-refractivity contribution in [2.24, 2.45) is 20.0 Å². The Morgan fingerprint density at radius 2 is 1.17 bits per heavy atom. The molecule has 4 heterocycles. The molecule has 184 valence electrons. The molecular weight excluding hydrogens is 525 g/mol. The predicted octanol–water partition coefficient (Wildman–Crippen LogP) is 2.76. The number of rotatable bonds is 6. The lowest BCUT2D eigenvalue weighted by Gasteiger charge is -2.24. The minimum Gasteiger partial charge on any atom is -0.860 e. The minimum atomic E-state index is -0.0838. The average molecular weight is 547 g/mol. The van der Waals surface area contributed by atoms with Gasteiger partial charge in [-0.3, -0.25) is 0 Å². The van der Waals surface area contributed by atoms with Crippen molar-refractivity contribution in [3.8, 4) is 0 Å². The van der Waals surface area contributed by atoms with E-state index in [-0.39, 0.29) is 11.8 Å². The number of aliphatic imine (C=N–C) groups is 4. The summed E-state index contributed by atoms with van der Waals surface area (Å²) >= 11 is 5.35. The first-order valence-electron chi connectivity index (χ1n) is 10.3. The van der Waals surface area contributed by atoms with Crippen molar-refractivity contribution in [3.63, 3.8) is 0 Å². The maximum absolute atomic E-state index is 12.2. The number of aromatic nitrogens is 2. The topological polar surface area (TPSA) is 128 Å². The van der Waals surface area contributed by atoms with Crippen molar-refractivity contribution in [1.82, 2.24) is 19.8 Å². The molecule has 2 aliphatic rings. The first-order chi connectivity index (χ1) is 16.6. The molecule has 0 aliphatic carbocycles. The summed E-state index contributed by atoms with van der Waals surface area (Å²) in [5.41, 5.74) is 3.01. The van der Waals surface area contributed by atoms with E-state index in [2.05, 4.69) is 29.9 Å². The van der Waals surface area contributed by atoms with E-state index < -0.39 is 0 Å². The highest BCUT2D eigenvalue weighted by Gasteiger charge is 2.20. The number of hydrogen-bond acceptors (Lipinski definition) is 12. The largest absolute Gasteiger partial charge is 0.860 e. The molecule has 0 saturated heterocycles. The predicted molar refractivity (Wildman–Crippen MR) is 144 cm³/mol. The lowest BCUT2D eigenvalue weighted by molar-refractivity contribution is -0.329. The first kappa shape index (κ1) is 25.4. The zero-order valence-corrected chi connectivity index (χ0v) is 23.2. The van der Waals surface area contributed by atoms with Crippen LogP contribution in [0.4, 0.5) is 10.3 Å². The van der Waals surface area contributed by atoms with E-state index in [0.717, 1.165) is 11.4 Å². The fraction of sp³-hybridized carbons (Fsp3) is 0.333. The van der Waals surface area contributed by atoms with E-state index in [1.165, 1.54) is 56.0 Å². The van der Waals surface area contributed by atoms with E-state index >= 15 is 0 Å². The summed E-state index contributed by atoms with van der Waals surface area (Å²) in [6.45, 7) is 3.61. The Labute approximate surface area is 219 Å². The van der Waals surface area contributed by atoms with Crippen LogP contribution in [0.2, 0.25) is 0 Å². The Bertz CT molecular complexity index is 1230. The van der Waals surface area contributed by atoms with Gasteiger partial charge < -0.3 is 20.0 Å². The average Bonchev–Trinajstić information content (AvgIpc) is 3.57. The standard InChI is InChI=1S/C21H24N8O2S4/c1-10-14(16(30)28(3)4)34-20(22-10)26-18-24-12(8-32-18)7-13-9-33-19(25-13)27-21-23-11(2)15(35-21)17(31)29(5)6/h8-9,30-31H,7H2,1-6H3/p-2/b16-14+,17-15+,26-20+,27-21+. The van der Waals surface area contributed by atoms with Gasteiger partial charge in [-0.1, -0.05) is 0 Å². The van der Waals surface area contributed by atoms with Crippen molar-refractivity contribution in [3.05, 3.63) is 43.7 Å². The SMILES string of the molecule is CC1=NC(=N\c2nc(Cc3csc(/N=C4N=C(C)/C(=C(\[O-])N(C)C)S\4)n3)cs2)/S/C1=C(/[O-])N(C)C. The van der Waals surface area contributed by atoms with E-state index in [1.54, 1.807) is 42.0 Å². The molecule has 0 spiro atoms. The van der Waals surface area contributed by atoms with Crippen LogP contribution < -0.4 is 10.2 Å². The molecule has 10 nitrogen and oxygen atoms in total. The lowest BCUT2D eigenvalue weighted by Crippen LogP contribution is -2.24. The Kier molecular flexibility index (Phi) is 7.64. The Hall–Kier alpha value is -2.68. The lowest BCUT2D eigenvalue weighted by atomic mass is 10.3. The highest BCUT2D eigenvalue weighted by molar-refractivity contribution is 8.18. The molecule has 2 aromatic rings. The molecule has 0 N–H and O–H groups in total. The molecule has 0 aromatic carbocycles. The zero-order chi connectivity index (χ0) is 25.3. The summed E-state index contributed by atoms with van der Waals surface area (Å²) in [5.74, 6) is -0.168. The van der Waals surface area contributed by atoms with Gasteiger partial charge in [0.15, 0.2) is 10.3 Å². The molecule has 0 bridgehead atoms. The van der Waals surface area contributed by atoms with Crippen LogP contribution in [0, 0.1) is 0 Å². The van der Waals surface area contributed by atoms with E-state index in [0.29, 0.717) is 48.3 Å². The monoisotopic (exact) mass is 546 g/mol. The number of hydrogen-bond donors (Lipinski definition) is 0. The molecule has 0 fully saturated rings. The van der Waals surface area contributed by atoms with Gasteiger partial charge in [0.25, 0.3) is 0 Å². The molecule has 35 heavy (non-hydrogen) atoms. The van der Waals surface area contributed by atoms with E-state index in [9.17, 15) is 10.2 Å². The Morgan fingerprint density at radius 3 is 1.54 bits per heavy atom. The van der Waals surface area contributed by atoms with Crippen molar-refractivity contribution >= 4 is 78.2 Å². The number of thioether (sulfide) groups is 2. The minimum absolute atomic E-state index is 0.0838. The van der Waals surface area contributed by atoms with Crippen LogP contribution in [0.5, 0.6) is 0 Å². The van der Waals surface area contributed by atoms with Crippen molar-refractivity contribution < 1.29 is 10.2 Å². The molecule has 2 aliphatic heterocycles. The molecule has 2 aromatic heterocycles. The zero-order valence-electron chi connectivity index (χ0n) is 19.9. The second-order valence-corrected chi connectivity index (χ2v) is 11.5. The van der Waals surface area contributed by atoms with Gasteiger partial charge in [-0.05, 0) is 49.1 Å². The van der Waals surface area contributed by atoms with Gasteiger partial charge in [0.2, 0.25) is 10.3 Å². The van der Waals surface area contributed by atoms with Crippen LogP contribution in [-0.4, -0.2) is 69.7 Å². The van der Waals surface area contributed by atoms with Gasteiger partial charge in [-0.25, -0.2) is 20.0 Å². The highest BCUT2D eigenvalue weighted by atomic mass is 32.2. The van der Waals surface area contributed by atoms with Crippen LogP contribution in [0.25, 0.3) is 0 Å². The molecule has 14 heteroatoms. The number of nitrogens with zero attached hydrogens (tertiary/aromatic N) is 8. The second kappa shape index (κ2) is 10.5. The summed E-state index contributed by atoms with van der Waals surface area (Å²) in [6, 6.07) is 0. The van der Waals surface area contributed by atoms with Gasteiger partial charge in [0, 0.05) is 55.2 Å². The molecule has 0 saturated carbocycles. The highest BCUT2D eigenvalue weighted by Crippen LogP contribution is 2.34. The fourth-order valence-corrected chi connectivity index (χ4v) is 6.28. The van der Waals surface area contributed by atoms with Crippen molar-refractivity contribution in [2.45, 2.75) is 20.3 Å². The van der Waals surface area contributed by atoms with Gasteiger partial charge in [0.1, 0.15) is 0 Å². The Balaban J connectivity index is 1.43. The third-order valence-corrected chi connectivity index (χ3v) is 8.24. The summed E-state index contributed by atoms with van der Waals surface area (Å²) < 4.78 is 0. The fourth-order valence-electron chi connectivity index (χ4n) is 2.87. The molecule has 0 radical (unpaired) electrons. The molecule has 0 amide bonds. The van der Waals surface area contributed by atoms with Crippen LogP contribution in [-0.2, 0) is 6.42 Å². The number of amidine groups is 2. The molecule has 0 unspecified atom stereocenters. The summed E-state index contributed by atoms with van der Waals surface area (Å²) in [6.07, 6.45) is 0.542. The summed E-state index contributed by atoms with van der Waals surface area (Å²) in [4.78, 5) is 31.1. The third-order valence-electron chi connectivity index (χ3n) is 4.60. The van der Waals surface area contributed by atoms with Crippen LogP contribution >= 0.6 is 46.2 Å². The molecule has 4 rings (SSSR count). The number of thiazole rings is 2. The van der Waals surface area contributed by atoms with Gasteiger partial charge in [-0.2, -0.15) is 9.98 Å². The van der Waals surface area contributed by atoms with Crippen molar-refractivity contribution in [2.75, 3.05) is 28.2 Å². The first-order valence-corrected chi connectivity index (χ1v) is 13.7. The van der Waals surface area contributed by atoms with Crippen LogP contribution in [0.3, 0.4) is 0 Å². The normalized spacial score (nSPS) is 21.0. The van der Waals surface area contributed by atoms with Crippen LogP contribution in [0.1, 0.15) is 25.2 Å². The number of allylic oxidation sites excluding steroid dienone is 2. The summed E-state index contributed by atoms with van der Waals surface area (Å²) in [7, 11) is 6.85. The third kappa shape index (κ3) is 5.94. The van der Waals surface area contributed by atoms with Crippen molar-refractivity contribution in [1.29, 1.82) is 0 Å². The molecule has 0 atom stereocenters. The Morgan fingerprint density at radius 1 is 0.771 bits per heavy atom. The maximum Gasteiger partial charge on any atom is 0.211 e. The van der Waals surface area contributed by atoms with E-state index in [4.69, 9.17) is 0 Å². The second-order valence-electron chi connectivity index (χ2n) is 7.86. The van der Waals surface area contributed by atoms with Gasteiger partial charge in [0.05, 0.1) is 22.8 Å².